The second-order valence-corrected chi connectivity index (χ2v) is 12.8. The fraction of sp³-hybridized carbons (Fsp3) is 0.355. The highest BCUT2D eigenvalue weighted by Crippen LogP contribution is 2.33. The van der Waals surface area contributed by atoms with Crippen LogP contribution in [-0.4, -0.2) is 43.8 Å². The SMILES string of the molecule is CC[C@@H](C)NC(=O)[C@@H](CC)N(Cc1ccccc1C)C(=O)CN(c1cc(Cl)ccc1Cl)S(=O)(=O)c1ccc(C)cc1. The Balaban J connectivity index is 2.11. The van der Waals surface area contributed by atoms with Crippen molar-refractivity contribution < 1.29 is 18.0 Å². The molecule has 0 unspecified atom stereocenters. The van der Waals surface area contributed by atoms with Crippen molar-refractivity contribution in [3.05, 3.63) is 93.5 Å². The van der Waals surface area contributed by atoms with E-state index in [0.717, 1.165) is 27.4 Å². The maximum absolute atomic E-state index is 14.2. The Morgan fingerprint density at radius 2 is 1.59 bits per heavy atom. The lowest BCUT2D eigenvalue weighted by Gasteiger charge is -2.34. The van der Waals surface area contributed by atoms with Crippen molar-refractivity contribution in [2.45, 2.75) is 71.0 Å². The van der Waals surface area contributed by atoms with E-state index in [0.29, 0.717) is 6.42 Å². The fourth-order valence-electron chi connectivity index (χ4n) is 4.36. The van der Waals surface area contributed by atoms with Crippen LogP contribution in [0.4, 0.5) is 5.69 Å². The minimum Gasteiger partial charge on any atom is -0.352 e. The lowest BCUT2D eigenvalue weighted by molar-refractivity contribution is -0.140. The second-order valence-electron chi connectivity index (χ2n) is 10.1. The van der Waals surface area contributed by atoms with Crippen molar-refractivity contribution in [3.63, 3.8) is 0 Å². The van der Waals surface area contributed by atoms with Gasteiger partial charge in [0.2, 0.25) is 11.8 Å². The van der Waals surface area contributed by atoms with Gasteiger partial charge in [-0.25, -0.2) is 8.42 Å². The number of hydrogen-bond donors (Lipinski definition) is 1. The maximum Gasteiger partial charge on any atom is 0.264 e. The first-order valence-electron chi connectivity index (χ1n) is 13.6. The van der Waals surface area contributed by atoms with Gasteiger partial charge in [-0.1, -0.05) is 79.0 Å². The van der Waals surface area contributed by atoms with Gasteiger partial charge in [0.05, 0.1) is 15.6 Å². The molecule has 0 radical (unpaired) electrons. The average Bonchev–Trinajstić information content (AvgIpc) is 2.94. The molecule has 0 saturated carbocycles. The molecule has 41 heavy (non-hydrogen) atoms. The predicted octanol–water partition coefficient (Wildman–Crippen LogP) is 6.53. The van der Waals surface area contributed by atoms with Gasteiger partial charge in [0.25, 0.3) is 10.0 Å². The molecule has 0 fully saturated rings. The van der Waals surface area contributed by atoms with E-state index in [-0.39, 0.29) is 39.1 Å². The number of halogens is 2. The molecule has 0 saturated heterocycles. The van der Waals surface area contributed by atoms with Gasteiger partial charge in [-0.15, -0.1) is 0 Å². The van der Waals surface area contributed by atoms with Crippen LogP contribution >= 0.6 is 23.2 Å². The van der Waals surface area contributed by atoms with Crippen LogP contribution < -0.4 is 9.62 Å². The van der Waals surface area contributed by atoms with Crippen LogP contribution in [0.5, 0.6) is 0 Å². The van der Waals surface area contributed by atoms with Gasteiger partial charge in [0.1, 0.15) is 12.6 Å². The summed E-state index contributed by atoms with van der Waals surface area (Å²) >= 11 is 12.7. The topological polar surface area (TPSA) is 86.8 Å². The van der Waals surface area contributed by atoms with Crippen LogP contribution in [0.1, 0.15) is 50.3 Å². The third kappa shape index (κ3) is 8.03. The van der Waals surface area contributed by atoms with Crippen molar-refractivity contribution in [2.24, 2.45) is 0 Å². The summed E-state index contributed by atoms with van der Waals surface area (Å²) in [6.45, 7) is 9.00. The maximum atomic E-state index is 14.2. The molecule has 0 aliphatic heterocycles. The molecule has 0 aliphatic rings. The van der Waals surface area contributed by atoms with Gasteiger partial charge in [-0.2, -0.15) is 0 Å². The van der Waals surface area contributed by atoms with Crippen molar-refractivity contribution in [2.75, 3.05) is 10.8 Å². The molecular formula is C31H37Cl2N3O4S. The highest BCUT2D eigenvalue weighted by Gasteiger charge is 2.35. The Hall–Kier alpha value is -3.07. The first-order valence-corrected chi connectivity index (χ1v) is 15.8. The normalized spacial score (nSPS) is 12.9. The van der Waals surface area contributed by atoms with E-state index in [9.17, 15) is 18.0 Å². The third-order valence-corrected chi connectivity index (χ3v) is 9.38. The first-order chi connectivity index (χ1) is 19.4. The Morgan fingerprint density at radius 3 is 2.20 bits per heavy atom. The van der Waals surface area contributed by atoms with Crippen LogP contribution in [0, 0.1) is 13.8 Å². The van der Waals surface area contributed by atoms with E-state index in [2.05, 4.69) is 5.32 Å². The van der Waals surface area contributed by atoms with Gasteiger partial charge in [0.15, 0.2) is 0 Å². The molecule has 10 heteroatoms. The number of anilines is 1. The van der Waals surface area contributed by atoms with Crippen molar-refractivity contribution in [1.29, 1.82) is 0 Å². The molecule has 1 N–H and O–H groups in total. The monoisotopic (exact) mass is 617 g/mol. The second kappa shape index (κ2) is 14.2. The van der Waals surface area contributed by atoms with E-state index in [4.69, 9.17) is 23.2 Å². The summed E-state index contributed by atoms with van der Waals surface area (Å²) in [5.74, 6) is -0.844. The average molecular weight is 619 g/mol. The number of amides is 2. The third-order valence-electron chi connectivity index (χ3n) is 7.05. The minimum atomic E-state index is -4.25. The van der Waals surface area contributed by atoms with Crippen molar-refractivity contribution >= 4 is 50.7 Å². The van der Waals surface area contributed by atoms with Crippen LogP contribution in [-0.2, 0) is 26.2 Å². The Labute approximate surface area is 253 Å². The Bertz CT molecular complexity index is 1480. The molecule has 3 rings (SSSR count). The van der Waals surface area contributed by atoms with Crippen molar-refractivity contribution in [1.82, 2.24) is 10.2 Å². The molecular weight excluding hydrogens is 581 g/mol. The lowest BCUT2D eigenvalue weighted by Crippen LogP contribution is -2.53. The van der Waals surface area contributed by atoms with Crippen LogP contribution in [0.2, 0.25) is 10.0 Å². The molecule has 0 aliphatic carbocycles. The minimum absolute atomic E-state index is 0.000971. The molecule has 0 bridgehead atoms. The number of carbonyl (C=O) groups excluding carboxylic acids is 2. The molecule has 0 spiro atoms. The molecule has 3 aromatic carbocycles. The number of rotatable bonds is 12. The molecule has 0 aromatic heterocycles. The Morgan fingerprint density at radius 1 is 0.927 bits per heavy atom. The summed E-state index contributed by atoms with van der Waals surface area (Å²) < 4.78 is 29.0. The molecule has 2 atom stereocenters. The van der Waals surface area contributed by atoms with Gasteiger partial charge in [-0.05, 0) is 75.1 Å². The summed E-state index contributed by atoms with van der Waals surface area (Å²) in [5.41, 5.74) is 2.75. The van der Waals surface area contributed by atoms with E-state index in [1.807, 2.05) is 58.9 Å². The zero-order chi connectivity index (χ0) is 30.3. The number of benzene rings is 3. The van der Waals surface area contributed by atoms with E-state index >= 15 is 0 Å². The van der Waals surface area contributed by atoms with Gasteiger partial charge >= 0.3 is 0 Å². The zero-order valence-electron chi connectivity index (χ0n) is 24.0. The summed E-state index contributed by atoms with van der Waals surface area (Å²) in [7, 11) is -4.25. The standard InChI is InChI=1S/C31H37Cl2N3O4S/c1-6-23(5)34-31(38)28(7-2)35(19-24-11-9-8-10-22(24)4)30(37)20-36(29-18-25(32)14-17-27(29)33)41(39,40)26-15-12-21(3)13-16-26/h8-18,23,28H,6-7,19-20H2,1-5H3,(H,34,38)/t23-,28-/m1/s1. The smallest absolute Gasteiger partial charge is 0.264 e. The van der Waals surface area contributed by atoms with Gasteiger partial charge < -0.3 is 10.2 Å². The van der Waals surface area contributed by atoms with Gasteiger partial charge in [0, 0.05) is 17.6 Å². The van der Waals surface area contributed by atoms with Crippen LogP contribution in [0.15, 0.2) is 71.6 Å². The molecule has 2 amide bonds. The first kappa shape index (κ1) is 32.4. The van der Waals surface area contributed by atoms with E-state index < -0.39 is 28.5 Å². The van der Waals surface area contributed by atoms with E-state index in [1.165, 1.54) is 29.2 Å². The summed E-state index contributed by atoms with van der Waals surface area (Å²) in [4.78, 5) is 29.0. The van der Waals surface area contributed by atoms with E-state index in [1.54, 1.807) is 18.2 Å². The van der Waals surface area contributed by atoms with Crippen LogP contribution in [0.25, 0.3) is 0 Å². The largest absolute Gasteiger partial charge is 0.352 e. The van der Waals surface area contributed by atoms with Crippen molar-refractivity contribution in [3.8, 4) is 0 Å². The summed E-state index contributed by atoms with van der Waals surface area (Å²) in [6.07, 6.45) is 1.06. The lowest BCUT2D eigenvalue weighted by atomic mass is 10.1. The number of nitrogens with zero attached hydrogens (tertiary/aromatic N) is 2. The Kier molecular flexibility index (Phi) is 11.2. The quantitative estimate of drug-likeness (QED) is 0.250. The highest BCUT2D eigenvalue weighted by atomic mass is 35.5. The summed E-state index contributed by atoms with van der Waals surface area (Å²) in [6, 6.07) is 17.5. The molecule has 7 nitrogen and oxygen atoms in total. The molecule has 220 valence electrons. The number of carbonyl (C=O) groups is 2. The number of aryl methyl sites for hydroxylation is 2. The molecule has 0 heterocycles. The summed E-state index contributed by atoms with van der Waals surface area (Å²) in [5, 5.41) is 3.35. The number of nitrogens with one attached hydrogen (secondary N) is 1. The van der Waals surface area contributed by atoms with Crippen LogP contribution in [0.3, 0.4) is 0 Å². The number of sulfonamides is 1. The highest BCUT2D eigenvalue weighted by molar-refractivity contribution is 7.92. The zero-order valence-corrected chi connectivity index (χ0v) is 26.4. The number of hydrogen-bond acceptors (Lipinski definition) is 4. The molecule has 3 aromatic rings. The predicted molar refractivity (Wildman–Crippen MR) is 166 cm³/mol. The van der Waals surface area contributed by atoms with Gasteiger partial charge in [-0.3, -0.25) is 13.9 Å². The fourth-order valence-corrected chi connectivity index (χ4v) is 6.22.